The monoisotopic (exact) mass is 139 g/mol. The minimum atomic E-state index is 1.08. The molecule has 2 heteroatoms. The van der Waals surface area contributed by atoms with Crippen molar-refractivity contribution in [2.75, 3.05) is 0 Å². The summed E-state index contributed by atoms with van der Waals surface area (Å²) in [4.78, 5) is 5.35. The normalized spacial score (nSPS) is 17.2. The van der Waals surface area contributed by atoms with Crippen LogP contribution in [0.1, 0.15) is 13.3 Å². The highest BCUT2D eigenvalue weighted by atomic mass is 32.2. The molecule has 0 unspecified atom stereocenters. The summed E-state index contributed by atoms with van der Waals surface area (Å²) in [6.45, 7) is 2.13. The third-order valence-electron chi connectivity index (χ3n) is 1.04. The number of allylic oxidation sites excluding steroid dienone is 2. The van der Waals surface area contributed by atoms with Crippen LogP contribution in [-0.4, -0.2) is 6.21 Å². The summed E-state index contributed by atoms with van der Waals surface area (Å²) in [6.07, 6.45) is 6.73. The minimum Gasteiger partial charge on any atom is -0.264 e. The largest absolute Gasteiger partial charge is 0.264 e. The second-order valence-corrected chi connectivity index (χ2v) is 2.73. The fourth-order valence-corrected chi connectivity index (χ4v) is 1.15. The molecule has 0 fully saturated rings. The van der Waals surface area contributed by atoms with E-state index in [1.165, 1.54) is 4.91 Å². The average molecular weight is 139 g/mol. The number of nitrogens with zero attached hydrogens (tertiary/aromatic N) is 1. The van der Waals surface area contributed by atoms with E-state index in [1.807, 2.05) is 17.7 Å². The zero-order valence-corrected chi connectivity index (χ0v) is 6.19. The molecule has 1 aliphatic rings. The Morgan fingerprint density at radius 2 is 2.56 bits per heavy atom. The van der Waals surface area contributed by atoms with Gasteiger partial charge in [-0.25, -0.2) is 0 Å². The second kappa shape index (κ2) is 3.51. The van der Waals surface area contributed by atoms with Crippen LogP contribution >= 0.6 is 11.8 Å². The first-order valence-corrected chi connectivity index (χ1v) is 3.85. The Morgan fingerprint density at radius 3 is 3.33 bits per heavy atom. The van der Waals surface area contributed by atoms with Gasteiger partial charge in [0.1, 0.15) is 0 Å². The van der Waals surface area contributed by atoms with E-state index in [9.17, 15) is 0 Å². The van der Waals surface area contributed by atoms with E-state index in [4.69, 9.17) is 0 Å². The average Bonchev–Trinajstić information content (AvgIpc) is 2.13. The van der Waals surface area contributed by atoms with Gasteiger partial charge in [0.05, 0.1) is 0 Å². The first-order chi connectivity index (χ1) is 4.43. The Bertz CT molecular complexity index is 168. The summed E-state index contributed by atoms with van der Waals surface area (Å²) < 4.78 is 0. The Hall–Kier alpha value is -0.500. The third kappa shape index (κ3) is 2.06. The number of rotatable bonds is 1. The molecule has 48 valence electrons. The molecule has 1 rings (SSSR count). The van der Waals surface area contributed by atoms with Crippen molar-refractivity contribution in [1.29, 1.82) is 0 Å². The molecule has 0 bridgehead atoms. The quantitative estimate of drug-likeness (QED) is 0.544. The van der Waals surface area contributed by atoms with Gasteiger partial charge in [0.25, 0.3) is 0 Å². The zero-order chi connectivity index (χ0) is 6.53. The smallest absolute Gasteiger partial charge is 0.0366 e. The maximum Gasteiger partial charge on any atom is 0.0366 e. The van der Waals surface area contributed by atoms with E-state index >= 15 is 0 Å². The van der Waals surface area contributed by atoms with Gasteiger partial charge in [0.2, 0.25) is 0 Å². The molecule has 9 heavy (non-hydrogen) atoms. The minimum absolute atomic E-state index is 1.08. The lowest BCUT2D eigenvalue weighted by Crippen LogP contribution is -1.66. The van der Waals surface area contributed by atoms with E-state index < -0.39 is 0 Å². The molecule has 1 aliphatic heterocycles. The first-order valence-electron chi connectivity index (χ1n) is 2.97. The van der Waals surface area contributed by atoms with Crippen LogP contribution in [0.25, 0.3) is 0 Å². The zero-order valence-electron chi connectivity index (χ0n) is 5.37. The van der Waals surface area contributed by atoms with Crippen molar-refractivity contribution < 1.29 is 0 Å². The van der Waals surface area contributed by atoms with Crippen LogP contribution in [0.2, 0.25) is 0 Å². The molecule has 0 spiro atoms. The summed E-state index contributed by atoms with van der Waals surface area (Å²) >= 11 is 1.74. The molecule has 0 aliphatic carbocycles. The highest BCUT2D eigenvalue weighted by Gasteiger charge is 1.90. The fraction of sp³-hybridized carbons (Fsp3) is 0.286. The van der Waals surface area contributed by atoms with Crippen molar-refractivity contribution in [2.24, 2.45) is 4.99 Å². The summed E-state index contributed by atoms with van der Waals surface area (Å²) in [6, 6.07) is 0. The van der Waals surface area contributed by atoms with Gasteiger partial charge in [0.15, 0.2) is 0 Å². The molecular formula is C7H9NS. The lowest BCUT2D eigenvalue weighted by Gasteiger charge is -1.92. The second-order valence-electron chi connectivity index (χ2n) is 1.69. The van der Waals surface area contributed by atoms with Gasteiger partial charge in [-0.3, -0.25) is 4.99 Å². The molecule has 0 N–H and O–H groups in total. The summed E-state index contributed by atoms with van der Waals surface area (Å²) in [5.74, 6) is 0. The van der Waals surface area contributed by atoms with Crippen molar-refractivity contribution in [3.63, 3.8) is 0 Å². The highest BCUT2D eigenvalue weighted by molar-refractivity contribution is 8.05. The van der Waals surface area contributed by atoms with Crippen molar-refractivity contribution in [2.45, 2.75) is 13.3 Å². The molecule has 0 amide bonds. The van der Waals surface area contributed by atoms with E-state index in [0.29, 0.717) is 0 Å². The predicted octanol–water partition coefficient (Wildman–Crippen LogP) is 2.57. The molecule has 0 saturated carbocycles. The molecule has 0 aromatic heterocycles. The predicted molar refractivity (Wildman–Crippen MR) is 43.6 cm³/mol. The number of aliphatic imine (C=N–C) groups is 1. The molecule has 0 radical (unpaired) electrons. The van der Waals surface area contributed by atoms with Crippen LogP contribution in [0.5, 0.6) is 0 Å². The van der Waals surface area contributed by atoms with Crippen molar-refractivity contribution in [3.05, 3.63) is 22.6 Å². The number of hydrogen-bond donors (Lipinski definition) is 0. The maximum absolute atomic E-state index is 4.03. The van der Waals surface area contributed by atoms with Crippen LogP contribution in [0, 0.1) is 0 Å². The summed E-state index contributed by atoms with van der Waals surface area (Å²) in [7, 11) is 0. The lowest BCUT2D eigenvalue weighted by molar-refractivity contribution is 1.19. The van der Waals surface area contributed by atoms with Gasteiger partial charge in [0, 0.05) is 17.3 Å². The van der Waals surface area contributed by atoms with Gasteiger partial charge >= 0.3 is 0 Å². The highest BCUT2D eigenvalue weighted by Crippen LogP contribution is 2.20. The first kappa shape index (κ1) is 6.62. The number of hydrogen-bond acceptors (Lipinski definition) is 2. The summed E-state index contributed by atoms with van der Waals surface area (Å²) in [5, 5.41) is 2.05. The van der Waals surface area contributed by atoms with Crippen LogP contribution < -0.4 is 0 Å². The standard InChI is InChI=1S/C7H9NS/c1-2-7-6-8-4-3-5-9-7/h3-6H,2H2,1H3. The number of thioether (sulfide) groups is 1. The third-order valence-corrected chi connectivity index (χ3v) is 2.03. The molecule has 0 saturated heterocycles. The molecule has 0 aromatic rings. The Labute approximate surface area is 59.6 Å². The molecular weight excluding hydrogens is 130 g/mol. The van der Waals surface area contributed by atoms with Crippen molar-refractivity contribution >= 4 is 18.0 Å². The van der Waals surface area contributed by atoms with Crippen LogP contribution in [0.4, 0.5) is 0 Å². The summed E-state index contributed by atoms with van der Waals surface area (Å²) in [5.41, 5.74) is 0. The van der Waals surface area contributed by atoms with Gasteiger partial charge < -0.3 is 0 Å². The van der Waals surface area contributed by atoms with Gasteiger partial charge in [-0.2, -0.15) is 0 Å². The van der Waals surface area contributed by atoms with Crippen LogP contribution in [-0.2, 0) is 0 Å². The molecule has 0 aromatic carbocycles. The maximum atomic E-state index is 4.03. The van der Waals surface area contributed by atoms with Gasteiger partial charge in [-0.1, -0.05) is 6.92 Å². The van der Waals surface area contributed by atoms with Crippen molar-refractivity contribution in [3.8, 4) is 0 Å². The Morgan fingerprint density at radius 1 is 1.67 bits per heavy atom. The van der Waals surface area contributed by atoms with Gasteiger partial charge in [-0.05, 0) is 17.9 Å². The topological polar surface area (TPSA) is 12.4 Å². The van der Waals surface area contributed by atoms with Crippen LogP contribution in [0.3, 0.4) is 0 Å². The van der Waals surface area contributed by atoms with Crippen molar-refractivity contribution in [1.82, 2.24) is 0 Å². The van der Waals surface area contributed by atoms with E-state index in [2.05, 4.69) is 11.9 Å². The Kier molecular flexibility index (Phi) is 2.58. The van der Waals surface area contributed by atoms with E-state index in [1.54, 1.807) is 18.0 Å². The molecule has 1 heterocycles. The van der Waals surface area contributed by atoms with Gasteiger partial charge in [-0.15, -0.1) is 11.8 Å². The molecule has 0 atom stereocenters. The van der Waals surface area contributed by atoms with E-state index in [0.717, 1.165) is 6.42 Å². The SMILES string of the molecule is CCC1=CN=CC=CS1. The Balaban J connectivity index is 2.62. The van der Waals surface area contributed by atoms with Crippen LogP contribution in [0.15, 0.2) is 27.6 Å². The van der Waals surface area contributed by atoms with E-state index in [-0.39, 0.29) is 0 Å². The lowest BCUT2D eigenvalue weighted by atomic mass is 10.5. The fourth-order valence-electron chi connectivity index (χ4n) is 0.543. The molecule has 1 nitrogen and oxygen atoms in total.